The molecule has 6 heteroatoms. The number of allylic oxidation sites excluding steroid dienone is 6. The van der Waals surface area contributed by atoms with Crippen LogP contribution >= 0.6 is 0 Å². The molecule has 0 aromatic rings. The van der Waals surface area contributed by atoms with E-state index in [0.717, 1.165) is 70.6 Å². The third-order valence-electron chi connectivity index (χ3n) is 12.0. The molecule has 3 unspecified atom stereocenters. The maximum atomic E-state index is 13.2. The molecule has 0 aliphatic rings. The Morgan fingerprint density at radius 1 is 0.500 bits per heavy atom. The Kier molecular flexibility index (Phi) is 46.6. The Hall–Kier alpha value is -1.92. The zero-order valence-corrected chi connectivity index (χ0v) is 40.1. The minimum Gasteiger partial charge on any atom is -0.462 e. The van der Waals surface area contributed by atoms with Crippen LogP contribution < -0.4 is 5.32 Å². The normalized spacial score (nSPS) is 13.5. The monoisotopic (exact) mass is 844 g/mol. The van der Waals surface area contributed by atoms with Gasteiger partial charge in [-0.25, -0.2) is 0 Å². The Bertz CT molecular complexity index is 993. The number of rotatable bonds is 47. The summed E-state index contributed by atoms with van der Waals surface area (Å²) in [5.74, 6) is -0.479. The average Bonchev–Trinajstić information content (AvgIpc) is 3.24. The lowest BCUT2D eigenvalue weighted by Gasteiger charge is -2.24. The van der Waals surface area contributed by atoms with E-state index in [1.807, 2.05) is 0 Å². The van der Waals surface area contributed by atoms with Gasteiger partial charge in [-0.2, -0.15) is 0 Å². The van der Waals surface area contributed by atoms with Gasteiger partial charge in [-0.15, -0.1) is 0 Å². The fourth-order valence-electron chi connectivity index (χ4n) is 8.03. The number of hydrogen-bond donors (Lipinski definition) is 3. The van der Waals surface area contributed by atoms with Crippen molar-refractivity contribution in [2.45, 2.75) is 289 Å². The Morgan fingerprint density at radius 3 is 1.37 bits per heavy atom. The summed E-state index contributed by atoms with van der Waals surface area (Å²) >= 11 is 0. The van der Waals surface area contributed by atoms with E-state index < -0.39 is 18.2 Å². The molecule has 0 bridgehead atoms. The summed E-state index contributed by atoms with van der Waals surface area (Å²) in [5.41, 5.74) is 0. The average molecular weight is 844 g/mol. The van der Waals surface area contributed by atoms with Crippen molar-refractivity contribution in [2.75, 3.05) is 6.61 Å². The highest BCUT2D eigenvalue weighted by atomic mass is 16.5. The summed E-state index contributed by atoms with van der Waals surface area (Å²) in [6, 6.07) is -0.700. The van der Waals surface area contributed by atoms with Gasteiger partial charge in [0.2, 0.25) is 5.91 Å². The van der Waals surface area contributed by atoms with Crippen LogP contribution in [0.5, 0.6) is 0 Å². The second-order valence-corrected chi connectivity index (χ2v) is 17.9. The van der Waals surface area contributed by atoms with E-state index in [4.69, 9.17) is 4.74 Å². The number of ether oxygens (including phenoxy) is 1. The van der Waals surface area contributed by atoms with Crippen molar-refractivity contribution in [3.63, 3.8) is 0 Å². The van der Waals surface area contributed by atoms with Crippen LogP contribution in [0.25, 0.3) is 0 Å². The smallest absolute Gasteiger partial charge is 0.306 e. The van der Waals surface area contributed by atoms with Crippen LogP contribution in [0.3, 0.4) is 0 Å². The molecule has 0 aliphatic heterocycles. The fourth-order valence-corrected chi connectivity index (χ4v) is 8.03. The van der Waals surface area contributed by atoms with Crippen molar-refractivity contribution in [1.29, 1.82) is 0 Å². The lowest BCUT2D eigenvalue weighted by Crippen LogP contribution is -2.46. The van der Waals surface area contributed by atoms with Crippen LogP contribution in [-0.2, 0) is 14.3 Å². The predicted octanol–water partition coefficient (Wildman–Crippen LogP) is 15.7. The lowest BCUT2D eigenvalue weighted by atomic mass is 10.0. The number of carbonyl (C=O) groups is 2. The van der Waals surface area contributed by atoms with Crippen molar-refractivity contribution in [3.8, 4) is 0 Å². The van der Waals surface area contributed by atoms with Gasteiger partial charge in [-0.05, 0) is 57.8 Å². The van der Waals surface area contributed by atoms with Crippen LogP contribution in [-0.4, -0.2) is 46.9 Å². The molecule has 6 nitrogen and oxygen atoms in total. The number of nitrogens with one attached hydrogen (secondary N) is 1. The molecular formula is C54H101NO5. The second kappa shape index (κ2) is 48.1. The van der Waals surface area contributed by atoms with Gasteiger partial charge in [-0.1, -0.05) is 237 Å². The summed E-state index contributed by atoms with van der Waals surface area (Å²) < 4.78 is 5.92. The van der Waals surface area contributed by atoms with Crippen LogP contribution in [0.1, 0.15) is 271 Å². The first-order chi connectivity index (χ1) is 29.5. The van der Waals surface area contributed by atoms with E-state index in [9.17, 15) is 19.8 Å². The van der Waals surface area contributed by atoms with Crippen molar-refractivity contribution >= 4 is 11.9 Å². The van der Waals surface area contributed by atoms with Crippen LogP contribution in [0.15, 0.2) is 36.5 Å². The van der Waals surface area contributed by atoms with E-state index >= 15 is 0 Å². The number of hydrogen-bond acceptors (Lipinski definition) is 5. The van der Waals surface area contributed by atoms with Gasteiger partial charge in [0.05, 0.1) is 25.2 Å². The topological polar surface area (TPSA) is 95.9 Å². The Morgan fingerprint density at radius 2 is 0.900 bits per heavy atom. The summed E-state index contributed by atoms with van der Waals surface area (Å²) in [5, 5.41) is 23.8. The molecule has 0 saturated heterocycles. The second-order valence-electron chi connectivity index (χ2n) is 17.9. The highest BCUT2D eigenvalue weighted by Gasteiger charge is 2.24. The molecule has 0 spiro atoms. The highest BCUT2D eigenvalue weighted by molar-refractivity contribution is 5.77. The van der Waals surface area contributed by atoms with Gasteiger partial charge >= 0.3 is 5.97 Å². The summed E-state index contributed by atoms with van der Waals surface area (Å²) in [4.78, 5) is 26.1. The Balaban J connectivity index is 4.48. The zero-order chi connectivity index (χ0) is 43.8. The van der Waals surface area contributed by atoms with E-state index in [1.165, 1.54) is 154 Å². The maximum absolute atomic E-state index is 13.2. The van der Waals surface area contributed by atoms with Gasteiger partial charge in [-0.3, -0.25) is 9.59 Å². The largest absolute Gasteiger partial charge is 0.462 e. The molecule has 0 aromatic heterocycles. The van der Waals surface area contributed by atoms with Crippen molar-refractivity contribution in [3.05, 3.63) is 36.5 Å². The Labute approximate surface area is 373 Å². The van der Waals surface area contributed by atoms with Crippen LogP contribution in [0.2, 0.25) is 0 Å². The number of carbonyl (C=O) groups excluding carboxylic acids is 2. The van der Waals surface area contributed by atoms with Gasteiger partial charge in [0, 0.05) is 6.42 Å². The summed E-state index contributed by atoms with van der Waals surface area (Å²) in [6.45, 7) is 6.38. The first-order valence-corrected chi connectivity index (χ1v) is 26.2. The van der Waals surface area contributed by atoms with E-state index in [-0.39, 0.29) is 24.9 Å². The number of esters is 1. The molecule has 352 valence electrons. The first kappa shape index (κ1) is 58.1. The molecule has 3 N–H and O–H groups in total. The molecule has 60 heavy (non-hydrogen) atoms. The van der Waals surface area contributed by atoms with Gasteiger partial charge < -0.3 is 20.3 Å². The minimum absolute atomic E-state index is 0.0758. The van der Waals surface area contributed by atoms with Crippen LogP contribution in [0.4, 0.5) is 0 Å². The molecule has 0 heterocycles. The predicted molar refractivity (Wildman–Crippen MR) is 259 cm³/mol. The van der Waals surface area contributed by atoms with Gasteiger partial charge in [0.15, 0.2) is 0 Å². The minimum atomic E-state index is -0.786. The molecule has 0 radical (unpaired) electrons. The number of amides is 1. The molecule has 0 aromatic carbocycles. The standard InChI is InChI=1S/C54H101NO5/c1-4-7-10-13-16-19-22-24-26-28-30-32-35-38-41-44-47-54(59)60-50(45-42-39-36-33-21-18-15-12-9-6-3)48-53(58)55-51(49-56)52(57)46-43-40-37-34-31-29-27-25-23-20-17-14-11-8-5-2/h7,10,16,19,24,26,50-52,56-57H,4-6,8-9,11-15,17-18,20-23,25,27-49H2,1-3H3,(H,55,58)/b10-7+,19-16+,26-24+. The third-order valence-corrected chi connectivity index (χ3v) is 12.0. The summed E-state index contributed by atoms with van der Waals surface area (Å²) in [6.07, 6.45) is 56.3. The van der Waals surface area contributed by atoms with E-state index in [0.29, 0.717) is 19.3 Å². The molecule has 1 amide bonds. The zero-order valence-electron chi connectivity index (χ0n) is 40.1. The summed E-state index contributed by atoms with van der Waals surface area (Å²) in [7, 11) is 0. The third kappa shape index (κ3) is 42.8. The number of unbranched alkanes of at least 4 members (excludes halogenated alkanes) is 29. The molecular weight excluding hydrogens is 743 g/mol. The van der Waals surface area contributed by atoms with Crippen LogP contribution in [0, 0.1) is 0 Å². The SMILES string of the molecule is CC/C=C/C/C=C/C/C=C/CCCCCCCCC(=O)OC(CCCCCCCCCCCC)CC(=O)NC(CO)C(O)CCCCCCCCCCCCCCCCC. The van der Waals surface area contributed by atoms with E-state index in [1.54, 1.807) is 0 Å². The van der Waals surface area contributed by atoms with Gasteiger partial charge in [0.25, 0.3) is 0 Å². The first-order valence-electron chi connectivity index (χ1n) is 26.2. The van der Waals surface area contributed by atoms with Crippen molar-refractivity contribution in [2.24, 2.45) is 0 Å². The molecule has 0 fully saturated rings. The van der Waals surface area contributed by atoms with Crippen molar-refractivity contribution in [1.82, 2.24) is 5.32 Å². The lowest BCUT2D eigenvalue weighted by molar-refractivity contribution is -0.151. The maximum Gasteiger partial charge on any atom is 0.306 e. The molecule has 0 rings (SSSR count). The quantitative estimate of drug-likeness (QED) is 0.0322. The fraction of sp³-hybridized carbons (Fsp3) is 0.852. The highest BCUT2D eigenvalue weighted by Crippen LogP contribution is 2.18. The molecule has 0 aliphatic carbocycles. The number of aliphatic hydroxyl groups excluding tert-OH is 2. The van der Waals surface area contributed by atoms with Gasteiger partial charge in [0.1, 0.15) is 6.10 Å². The number of aliphatic hydroxyl groups is 2. The van der Waals surface area contributed by atoms with E-state index in [2.05, 4.69) is 62.5 Å². The van der Waals surface area contributed by atoms with Crippen molar-refractivity contribution < 1.29 is 24.5 Å². The molecule has 0 saturated carbocycles. The molecule has 3 atom stereocenters.